The zero-order valence-corrected chi connectivity index (χ0v) is 11.2. The molecule has 0 aromatic rings. The molecule has 0 aliphatic heterocycles. The lowest BCUT2D eigenvalue weighted by Gasteiger charge is -2.11. The lowest BCUT2D eigenvalue weighted by molar-refractivity contribution is 0.898. The highest BCUT2D eigenvalue weighted by atomic mass is 14.4. The molecular weight excluding hydrogens is 228 g/mol. The van der Waals surface area contributed by atoms with E-state index in [1.54, 1.807) is 16.7 Å². The zero-order chi connectivity index (χ0) is 12.7. The van der Waals surface area contributed by atoms with Crippen LogP contribution in [0.3, 0.4) is 0 Å². The van der Waals surface area contributed by atoms with Crippen molar-refractivity contribution in [3.63, 3.8) is 0 Å². The van der Waals surface area contributed by atoms with Crippen molar-refractivity contribution >= 4 is 0 Å². The van der Waals surface area contributed by atoms with Crippen LogP contribution < -0.4 is 0 Å². The highest BCUT2D eigenvalue weighted by Gasteiger charge is 2.31. The summed E-state index contributed by atoms with van der Waals surface area (Å²) in [5, 5.41) is 0. The molecule has 4 aliphatic rings. The SMILES string of the molecule is C1=CC=C2CC=C3C4=C(CCC=CCC4)C(=C23)C=C1. The summed E-state index contributed by atoms with van der Waals surface area (Å²) >= 11 is 0. The largest absolute Gasteiger partial charge is 0.0882 e. The molecule has 0 nitrogen and oxygen atoms in total. The molecule has 0 fully saturated rings. The van der Waals surface area contributed by atoms with Gasteiger partial charge in [0.25, 0.3) is 0 Å². The minimum Gasteiger partial charge on any atom is -0.0882 e. The molecule has 0 saturated heterocycles. The van der Waals surface area contributed by atoms with E-state index in [0.29, 0.717) is 0 Å². The quantitative estimate of drug-likeness (QED) is 0.521. The van der Waals surface area contributed by atoms with Gasteiger partial charge in [0.1, 0.15) is 0 Å². The molecule has 0 spiro atoms. The summed E-state index contributed by atoms with van der Waals surface area (Å²) in [4.78, 5) is 0. The molecule has 0 aromatic carbocycles. The first-order valence-electron chi connectivity index (χ1n) is 7.32. The first kappa shape index (κ1) is 11.0. The Morgan fingerprint density at radius 3 is 2.58 bits per heavy atom. The van der Waals surface area contributed by atoms with E-state index in [2.05, 4.69) is 48.6 Å². The Balaban J connectivity index is 1.88. The van der Waals surface area contributed by atoms with E-state index in [-0.39, 0.29) is 0 Å². The third-order valence-electron chi connectivity index (χ3n) is 4.47. The predicted octanol–water partition coefficient (Wildman–Crippen LogP) is 5.11. The molecule has 0 atom stereocenters. The standard InChI is InChI=1S/C19H18/c1-2-6-10-16-15(9-5-1)17-11-7-3-4-8-14-12-13-18(16)19(14)17/h1-4,7-8,11,13H,5-6,9-10,12H2. The third kappa shape index (κ3) is 1.67. The Hall–Kier alpha value is -1.82. The van der Waals surface area contributed by atoms with Crippen molar-refractivity contribution in [2.75, 3.05) is 0 Å². The molecule has 4 rings (SSSR count). The maximum Gasteiger partial charge on any atom is -0.00735 e. The van der Waals surface area contributed by atoms with E-state index in [0.717, 1.165) is 6.42 Å². The monoisotopic (exact) mass is 246 g/mol. The second kappa shape index (κ2) is 4.38. The normalized spacial score (nSPS) is 24.4. The van der Waals surface area contributed by atoms with Gasteiger partial charge in [-0.25, -0.2) is 0 Å². The van der Waals surface area contributed by atoms with Gasteiger partial charge in [0.05, 0.1) is 0 Å². The van der Waals surface area contributed by atoms with E-state index in [1.807, 2.05) is 0 Å². The molecule has 19 heavy (non-hydrogen) atoms. The molecule has 0 amide bonds. The summed E-state index contributed by atoms with van der Waals surface area (Å²) in [6, 6.07) is 0. The fourth-order valence-corrected chi connectivity index (χ4v) is 3.64. The molecule has 0 radical (unpaired) electrons. The summed E-state index contributed by atoms with van der Waals surface area (Å²) in [6.45, 7) is 0. The number of hydrogen-bond acceptors (Lipinski definition) is 0. The highest BCUT2D eigenvalue weighted by molar-refractivity contribution is 5.76. The molecule has 4 aliphatic carbocycles. The smallest absolute Gasteiger partial charge is 0.00735 e. The van der Waals surface area contributed by atoms with Crippen LogP contribution in [0.4, 0.5) is 0 Å². The summed E-state index contributed by atoms with van der Waals surface area (Å²) < 4.78 is 0. The summed E-state index contributed by atoms with van der Waals surface area (Å²) in [5.74, 6) is 0. The van der Waals surface area contributed by atoms with Gasteiger partial charge in [0.2, 0.25) is 0 Å². The molecule has 0 N–H and O–H groups in total. The molecule has 0 aromatic heterocycles. The lowest BCUT2D eigenvalue weighted by atomic mass is 9.93. The van der Waals surface area contributed by atoms with Gasteiger partial charge in [0, 0.05) is 0 Å². The van der Waals surface area contributed by atoms with Crippen molar-refractivity contribution in [2.45, 2.75) is 32.1 Å². The number of allylic oxidation sites excluding steroid dienone is 14. The van der Waals surface area contributed by atoms with E-state index < -0.39 is 0 Å². The van der Waals surface area contributed by atoms with Gasteiger partial charge in [0.15, 0.2) is 0 Å². The van der Waals surface area contributed by atoms with E-state index in [1.165, 1.54) is 42.4 Å². The van der Waals surface area contributed by atoms with Gasteiger partial charge >= 0.3 is 0 Å². The second-order valence-electron chi connectivity index (χ2n) is 5.55. The van der Waals surface area contributed by atoms with E-state index >= 15 is 0 Å². The number of hydrogen-bond donors (Lipinski definition) is 0. The van der Waals surface area contributed by atoms with Crippen molar-refractivity contribution in [1.29, 1.82) is 0 Å². The Labute approximate surface area is 114 Å². The molecule has 0 heterocycles. The van der Waals surface area contributed by atoms with Crippen LogP contribution in [0.5, 0.6) is 0 Å². The maximum atomic E-state index is 2.45. The van der Waals surface area contributed by atoms with Crippen LogP contribution in [-0.4, -0.2) is 0 Å². The fourth-order valence-electron chi connectivity index (χ4n) is 3.64. The zero-order valence-electron chi connectivity index (χ0n) is 11.2. The minimum atomic E-state index is 1.11. The van der Waals surface area contributed by atoms with Crippen molar-refractivity contribution in [2.24, 2.45) is 0 Å². The average molecular weight is 246 g/mol. The minimum absolute atomic E-state index is 1.11. The van der Waals surface area contributed by atoms with Crippen LogP contribution in [0, 0.1) is 0 Å². The van der Waals surface area contributed by atoms with Crippen LogP contribution in [0.15, 0.2) is 82.0 Å². The van der Waals surface area contributed by atoms with Gasteiger partial charge < -0.3 is 0 Å². The van der Waals surface area contributed by atoms with E-state index in [9.17, 15) is 0 Å². The van der Waals surface area contributed by atoms with Crippen LogP contribution >= 0.6 is 0 Å². The van der Waals surface area contributed by atoms with Gasteiger partial charge in [-0.15, -0.1) is 0 Å². The van der Waals surface area contributed by atoms with Crippen molar-refractivity contribution in [3.8, 4) is 0 Å². The number of fused-ring (bicyclic) bond motifs is 2. The first-order chi connectivity index (χ1) is 9.45. The van der Waals surface area contributed by atoms with Gasteiger partial charge in [-0.1, -0.05) is 48.6 Å². The summed E-state index contributed by atoms with van der Waals surface area (Å²) in [5.41, 5.74) is 9.33. The maximum absolute atomic E-state index is 2.45. The molecule has 0 saturated carbocycles. The Morgan fingerprint density at radius 2 is 1.68 bits per heavy atom. The first-order valence-corrected chi connectivity index (χ1v) is 7.32. The summed E-state index contributed by atoms with van der Waals surface area (Å²) in [6.07, 6.45) is 24.2. The Bertz CT molecular complexity index is 640. The van der Waals surface area contributed by atoms with E-state index in [4.69, 9.17) is 0 Å². The van der Waals surface area contributed by atoms with Gasteiger partial charge in [-0.2, -0.15) is 0 Å². The number of rotatable bonds is 0. The molecule has 94 valence electrons. The van der Waals surface area contributed by atoms with Crippen molar-refractivity contribution < 1.29 is 0 Å². The van der Waals surface area contributed by atoms with Crippen molar-refractivity contribution in [1.82, 2.24) is 0 Å². The average Bonchev–Trinajstić information content (AvgIpc) is 2.84. The predicted molar refractivity (Wildman–Crippen MR) is 80.7 cm³/mol. The summed E-state index contributed by atoms with van der Waals surface area (Å²) in [7, 11) is 0. The molecule has 0 unspecified atom stereocenters. The van der Waals surface area contributed by atoms with Crippen LogP contribution in [0.1, 0.15) is 32.1 Å². The van der Waals surface area contributed by atoms with Crippen LogP contribution in [-0.2, 0) is 0 Å². The highest BCUT2D eigenvalue weighted by Crippen LogP contribution is 2.49. The van der Waals surface area contributed by atoms with Crippen molar-refractivity contribution in [3.05, 3.63) is 82.0 Å². The Kier molecular flexibility index (Phi) is 2.55. The Morgan fingerprint density at radius 1 is 0.842 bits per heavy atom. The van der Waals surface area contributed by atoms with Crippen LogP contribution in [0.25, 0.3) is 0 Å². The molecule has 0 heteroatoms. The molecular formula is C19H18. The topological polar surface area (TPSA) is 0 Å². The lowest BCUT2D eigenvalue weighted by Crippen LogP contribution is -1.93. The fraction of sp³-hybridized carbons (Fsp3) is 0.263. The third-order valence-corrected chi connectivity index (χ3v) is 4.47. The van der Waals surface area contributed by atoms with Gasteiger partial charge in [-0.3, -0.25) is 0 Å². The van der Waals surface area contributed by atoms with Crippen LogP contribution in [0.2, 0.25) is 0 Å². The van der Waals surface area contributed by atoms with Gasteiger partial charge in [-0.05, 0) is 65.5 Å². The molecule has 0 bridgehead atoms. The second-order valence-corrected chi connectivity index (χ2v) is 5.55.